The highest BCUT2D eigenvalue weighted by Crippen LogP contribution is 2.15. The van der Waals surface area contributed by atoms with E-state index in [0.717, 1.165) is 25.7 Å². The van der Waals surface area contributed by atoms with Gasteiger partial charge in [0.1, 0.15) is 6.42 Å². The molecule has 39 heavy (non-hydrogen) atoms. The van der Waals surface area contributed by atoms with Gasteiger partial charge in [0.25, 0.3) is 0 Å². The molecule has 0 aromatic carbocycles. The van der Waals surface area contributed by atoms with Crippen molar-refractivity contribution in [2.45, 2.75) is 155 Å². The van der Waals surface area contributed by atoms with Crippen molar-refractivity contribution in [2.24, 2.45) is 0 Å². The lowest BCUT2D eigenvalue weighted by atomic mass is 10.1. The molecule has 0 N–H and O–H groups in total. The van der Waals surface area contributed by atoms with Crippen LogP contribution < -0.4 is 9.47 Å². The topological polar surface area (TPSA) is 107 Å². The quantitative estimate of drug-likeness (QED) is 0.0799. The Morgan fingerprint density at radius 3 is 1.38 bits per heavy atom. The minimum absolute atomic E-state index is 0.147. The lowest BCUT2D eigenvalue weighted by Gasteiger charge is -2.10. The minimum Gasteiger partial charge on any atom is -0.463 e. The number of hydrogen-bond donors (Lipinski definition) is 0. The van der Waals surface area contributed by atoms with E-state index < -0.39 is 5.97 Å². The summed E-state index contributed by atoms with van der Waals surface area (Å²) in [6.45, 7) is 5.39. The summed E-state index contributed by atoms with van der Waals surface area (Å²) in [7, 11) is 0. The van der Waals surface area contributed by atoms with E-state index in [0.29, 0.717) is 13.2 Å². The molecule has 8 nitrogen and oxygen atoms in total. The molecule has 0 saturated carbocycles. The van der Waals surface area contributed by atoms with Gasteiger partial charge in [0.05, 0.1) is 19.3 Å². The van der Waals surface area contributed by atoms with Crippen LogP contribution in [0.15, 0.2) is 0 Å². The molecule has 0 amide bonds. The highest BCUT2D eigenvalue weighted by Gasteiger charge is 2.11. The van der Waals surface area contributed by atoms with Gasteiger partial charge in [-0.15, -0.1) is 4.98 Å². The highest BCUT2D eigenvalue weighted by molar-refractivity contribution is 5.71. The minimum atomic E-state index is -0.612. The summed E-state index contributed by atoms with van der Waals surface area (Å²) < 4.78 is 16.6. The van der Waals surface area contributed by atoms with Crippen LogP contribution in [0.5, 0.6) is 12.0 Å². The molecule has 1 aromatic heterocycles. The molecule has 0 aliphatic rings. The first-order valence-corrected chi connectivity index (χ1v) is 15.7. The molecule has 0 saturated heterocycles. The highest BCUT2D eigenvalue weighted by atomic mass is 16.5. The fourth-order valence-electron chi connectivity index (χ4n) is 4.34. The lowest BCUT2D eigenvalue weighted by molar-refractivity contribution is -0.144. The second-order valence-electron chi connectivity index (χ2n) is 10.4. The Labute approximate surface area is 237 Å². The Hall–Kier alpha value is -2.43. The zero-order valence-corrected chi connectivity index (χ0v) is 24.9. The molecule has 0 aliphatic heterocycles. The lowest BCUT2D eigenvalue weighted by Crippen LogP contribution is -2.11. The third kappa shape index (κ3) is 21.1. The van der Waals surface area contributed by atoms with Gasteiger partial charge in [-0.05, 0) is 12.8 Å². The van der Waals surface area contributed by atoms with Gasteiger partial charge in [-0.2, -0.15) is 15.2 Å². The Morgan fingerprint density at radius 1 is 0.615 bits per heavy atom. The molecule has 0 aliphatic carbocycles. The summed E-state index contributed by atoms with van der Waals surface area (Å²) in [5.41, 5.74) is 0. The normalized spacial score (nSPS) is 10.8. The average Bonchev–Trinajstić information content (AvgIpc) is 2.93. The molecule has 0 fully saturated rings. The molecule has 0 radical (unpaired) electrons. The van der Waals surface area contributed by atoms with Gasteiger partial charge in [-0.3, -0.25) is 4.79 Å². The van der Waals surface area contributed by atoms with Crippen LogP contribution in [0.25, 0.3) is 0 Å². The molecule has 0 atom stereocenters. The summed E-state index contributed by atoms with van der Waals surface area (Å²) in [5.74, 6) is -0.356. The fraction of sp³-hybridized carbons (Fsp3) is 0.839. The van der Waals surface area contributed by atoms with Crippen LogP contribution in [0.3, 0.4) is 0 Å². The van der Waals surface area contributed by atoms with Crippen LogP contribution in [0, 0.1) is 11.3 Å². The molecule has 0 bridgehead atoms. The summed E-state index contributed by atoms with van der Waals surface area (Å²) in [6, 6.07) is 2.15. The number of carbonyl (C=O) groups is 1. The van der Waals surface area contributed by atoms with Crippen LogP contribution >= 0.6 is 0 Å². The van der Waals surface area contributed by atoms with Crippen LogP contribution in [0.1, 0.15) is 155 Å². The third-order valence-corrected chi connectivity index (χ3v) is 6.68. The van der Waals surface area contributed by atoms with Crippen LogP contribution in [0.4, 0.5) is 0 Å². The third-order valence-electron chi connectivity index (χ3n) is 6.68. The zero-order valence-electron chi connectivity index (χ0n) is 24.9. The number of hydrogen-bond acceptors (Lipinski definition) is 8. The van der Waals surface area contributed by atoms with Gasteiger partial charge >= 0.3 is 18.0 Å². The second kappa shape index (κ2) is 25.8. The van der Waals surface area contributed by atoms with E-state index >= 15 is 0 Å². The smallest absolute Gasteiger partial charge is 0.322 e. The van der Waals surface area contributed by atoms with Crippen molar-refractivity contribution in [3.8, 4) is 18.1 Å². The number of rotatable bonds is 27. The van der Waals surface area contributed by atoms with Crippen molar-refractivity contribution in [3.05, 3.63) is 5.82 Å². The standard InChI is InChI=1S/C31H54N4O4/c1-3-5-7-9-11-13-15-17-19-21-25-37-30-33-28(27-39-29(36)23-24-32)34-31(35-30)38-26-22-20-18-16-14-12-10-8-6-4-2/h3-23,25-27H2,1-2H3. The largest absolute Gasteiger partial charge is 0.463 e. The van der Waals surface area contributed by atoms with E-state index in [2.05, 4.69) is 28.8 Å². The number of unbranched alkanes of at least 4 members (excludes halogenated alkanes) is 18. The number of carbonyl (C=O) groups excluding carboxylic acids is 1. The molecule has 1 heterocycles. The molecule has 222 valence electrons. The number of nitrogens with zero attached hydrogens (tertiary/aromatic N) is 4. The maximum Gasteiger partial charge on any atom is 0.322 e. The van der Waals surface area contributed by atoms with Crippen molar-refractivity contribution in [1.82, 2.24) is 15.0 Å². The van der Waals surface area contributed by atoms with E-state index in [1.807, 2.05) is 0 Å². The number of aromatic nitrogens is 3. The summed E-state index contributed by atoms with van der Waals surface area (Å²) in [4.78, 5) is 24.4. The summed E-state index contributed by atoms with van der Waals surface area (Å²) >= 11 is 0. The summed E-state index contributed by atoms with van der Waals surface area (Å²) in [6.07, 6.45) is 24.8. The second-order valence-corrected chi connectivity index (χ2v) is 10.4. The van der Waals surface area contributed by atoms with Crippen molar-refractivity contribution >= 4 is 5.97 Å². The Bertz CT molecular complexity index is 725. The Kier molecular flexibility index (Phi) is 22.9. The Balaban J connectivity index is 2.35. The molecule has 0 unspecified atom stereocenters. The average molecular weight is 547 g/mol. The summed E-state index contributed by atoms with van der Waals surface area (Å²) in [5, 5.41) is 8.65. The van der Waals surface area contributed by atoms with Gasteiger partial charge in [-0.1, -0.05) is 129 Å². The first-order chi connectivity index (χ1) is 19.2. The first kappa shape index (κ1) is 34.6. The van der Waals surface area contributed by atoms with E-state index in [1.54, 1.807) is 6.07 Å². The predicted octanol–water partition coefficient (Wildman–Crippen LogP) is 8.43. The maximum atomic E-state index is 11.6. The van der Waals surface area contributed by atoms with Crippen molar-refractivity contribution in [1.29, 1.82) is 5.26 Å². The molecule has 0 spiro atoms. The monoisotopic (exact) mass is 546 g/mol. The van der Waals surface area contributed by atoms with Gasteiger partial charge in [0.2, 0.25) is 0 Å². The fourth-order valence-corrected chi connectivity index (χ4v) is 4.34. The number of ether oxygens (including phenoxy) is 3. The van der Waals surface area contributed by atoms with E-state index in [-0.39, 0.29) is 30.9 Å². The molecule has 8 heteroatoms. The van der Waals surface area contributed by atoms with Gasteiger partial charge in [-0.25, -0.2) is 0 Å². The molecule has 1 rings (SSSR count). The maximum absolute atomic E-state index is 11.6. The van der Waals surface area contributed by atoms with Gasteiger partial charge in [0, 0.05) is 0 Å². The van der Waals surface area contributed by atoms with Crippen LogP contribution in [-0.4, -0.2) is 34.1 Å². The Morgan fingerprint density at radius 2 is 1.00 bits per heavy atom. The van der Waals surface area contributed by atoms with Gasteiger partial charge < -0.3 is 14.2 Å². The van der Waals surface area contributed by atoms with Crippen molar-refractivity contribution < 1.29 is 19.0 Å². The van der Waals surface area contributed by atoms with Gasteiger partial charge in [0.15, 0.2) is 12.4 Å². The number of esters is 1. The van der Waals surface area contributed by atoms with Crippen LogP contribution in [-0.2, 0) is 16.1 Å². The van der Waals surface area contributed by atoms with Crippen molar-refractivity contribution in [2.75, 3.05) is 13.2 Å². The zero-order chi connectivity index (χ0) is 28.2. The van der Waals surface area contributed by atoms with E-state index in [4.69, 9.17) is 19.5 Å². The van der Waals surface area contributed by atoms with Crippen molar-refractivity contribution in [3.63, 3.8) is 0 Å². The van der Waals surface area contributed by atoms with Crippen LogP contribution in [0.2, 0.25) is 0 Å². The number of nitriles is 1. The van der Waals surface area contributed by atoms with E-state index in [1.165, 1.54) is 103 Å². The predicted molar refractivity (Wildman–Crippen MR) is 155 cm³/mol. The molecular formula is C31H54N4O4. The van der Waals surface area contributed by atoms with E-state index in [9.17, 15) is 4.79 Å². The SMILES string of the molecule is CCCCCCCCCCCCOc1nc(COC(=O)CC#N)nc(OCCCCCCCCCCCC)n1. The molecular weight excluding hydrogens is 492 g/mol. The molecule has 1 aromatic rings. The first-order valence-electron chi connectivity index (χ1n) is 15.7.